The van der Waals surface area contributed by atoms with E-state index in [1.165, 1.54) is 0 Å². The molecule has 0 amide bonds. The molecule has 0 radical (unpaired) electrons. The van der Waals surface area contributed by atoms with E-state index in [1.807, 2.05) is 48.5 Å². The smallest absolute Gasteiger partial charge is 0.338 e. The molecule has 0 aliphatic heterocycles. The molecule has 3 aromatic rings. The molecule has 0 aliphatic carbocycles. The molecule has 6 nitrogen and oxygen atoms in total. The van der Waals surface area contributed by atoms with Crippen LogP contribution in [0.15, 0.2) is 95.9 Å². The summed E-state index contributed by atoms with van der Waals surface area (Å²) in [5, 5.41) is -0.107. The van der Waals surface area contributed by atoms with Crippen molar-refractivity contribution < 1.29 is 28.6 Å². The fourth-order valence-electron chi connectivity index (χ4n) is 3.12. The van der Waals surface area contributed by atoms with Crippen molar-refractivity contribution in [3.63, 3.8) is 0 Å². The van der Waals surface area contributed by atoms with Crippen molar-refractivity contribution in [1.29, 1.82) is 0 Å². The van der Waals surface area contributed by atoms with E-state index in [2.05, 4.69) is 13.2 Å². The van der Waals surface area contributed by atoms with E-state index < -0.39 is 11.9 Å². The second-order valence-electron chi connectivity index (χ2n) is 8.35. The maximum absolute atomic E-state index is 12.8. The molecular formula is C30H28O6S. The molecule has 0 unspecified atom stereocenters. The van der Waals surface area contributed by atoms with Gasteiger partial charge < -0.3 is 14.2 Å². The Morgan fingerprint density at radius 2 is 1.38 bits per heavy atom. The Bertz CT molecular complexity index is 1320. The van der Waals surface area contributed by atoms with E-state index in [0.717, 1.165) is 27.8 Å². The van der Waals surface area contributed by atoms with E-state index in [9.17, 15) is 14.4 Å². The number of rotatable bonds is 10. The van der Waals surface area contributed by atoms with Crippen LogP contribution >= 0.6 is 11.8 Å². The van der Waals surface area contributed by atoms with Gasteiger partial charge in [0.2, 0.25) is 5.12 Å². The van der Waals surface area contributed by atoms with Crippen molar-refractivity contribution in [1.82, 2.24) is 0 Å². The first-order chi connectivity index (χ1) is 17.6. The van der Waals surface area contributed by atoms with Gasteiger partial charge in [-0.15, -0.1) is 0 Å². The van der Waals surface area contributed by atoms with Gasteiger partial charge >= 0.3 is 11.9 Å². The molecule has 0 fully saturated rings. The Balaban J connectivity index is 1.55. The zero-order valence-electron chi connectivity index (χ0n) is 21.0. The molecule has 3 rings (SSSR count). The quantitative estimate of drug-likeness (QED) is 0.0991. The largest absolute Gasteiger partial charge is 0.490 e. The van der Waals surface area contributed by atoms with Crippen molar-refractivity contribution in [3.8, 4) is 22.6 Å². The van der Waals surface area contributed by atoms with Gasteiger partial charge in [-0.1, -0.05) is 37.4 Å². The number of hydrogen-bond acceptors (Lipinski definition) is 7. The lowest BCUT2D eigenvalue weighted by molar-refractivity contribution is -0.139. The van der Waals surface area contributed by atoms with Gasteiger partial charge in [-0.3, -0.25) is 4.79 Å². The Hall–Kier alpha value is -4.10. The first kappa shape index (κ1) is 27.5. The topological polar surface area (TPSA) is 78.9 Å². The predicted molar refractivity (Wildman–Crippen MR) is 145 cm³/mol. The third kappa shape index (κ3) is 7.95. The van der Waals surface area contributed by atoms with Gasteiger partial charge in [0, 0.05) is 21.6 Å². The summed E-state index contributed by atoms with van der Waals surface area (Å²) in [7, 11) is 0. The molecule has 0 aromatic heterocycles. The Morgan fingerprint density at radius 1 is 0.784 bits per heavy atom. The van der Waals surface area contributed by atoms with Crippen molar-refractivity contribution in [2.75, 3.05) is 13.2 Å². The molecule has 0 saturated heterocycles. The van der Waals surface area contributed by atoms with E-state index in [0.29, 0.717) is 33.8 Å². The van der Waals surface area contributed by atoms with Crippen LogP contribution in [0, 0.1) is 6.92 Å². The summed E-state index contributed by atoms with van der Waals surface area (Å²) >= 11 is 1.13. The first-order valence-corrected chi connectivity index (χ1v) is 12.3. The van der Waals surface area contributed by atoms with Gasteiger partial charge in [-0.05, 0) is 91.7 Å². The van der Waals surface area contributed by atoms with Crippen LogP contribution in [-0.4, -0.2) is 30.3 Å². The van der Waals surface area contributed by atoms with Crippen LogP contribution in [0.25, 0.3) is 11.1 Å². The first-order valence-electron chi connectivity index (χ1n) is 11.5. The highest BCUT2D eigenvalue weighted by molar-refractivity contribution is 8.14. The minimum absolute atomic E-state index is 0.107. The predicted octanol–water partition coefficient (Wildman–Crippen LogP) is 6.57. The molecule has 7 heteroatoms. The molecule has 3 aromatic carbocycles. The van der Waals surface area contributed by atoms with Crippen molar-refractivity contribution in [2.24, 2.45) is 0 Å². The summed E-state index contributed by atoms with van der Waals surface area (Å²) in [6.45, 7) is 12.5. The van der Waals surface area contributed by atoms with E-state index >= 15 is 0 Å². The van der Waals surface area contributed by atoms with Gasteiger partial charge in [0.1, 0.15) is 24.7 Å². The average molecular weight is 517 g/mol. The number of carbonyl (C=O) groups excluding carboxylic acids is 3. The van der Waals surface area contributed by atoms with E-state index in [-0.39, 0.29) is 18.3 Å². The number of carbonyl (C=O) groups is 3. The molecule has 0 spiro atoms. The maximum Gasteiger partial charge on any atom is 0.338 e. The van der Waals surface area contributed by atoms with Gasteiger partial charge in [0.15, 0.2) is 0 Å². The lowest BCUT2D eigenvalue weighted by Crippen LogP contribution is -2.12. The SMILES string of the molecule is C=C(C)C(=O)OCCOc1ccc(-c2ccc(SC(=O)c3ccc(OC(=O)C(=C)C)c(C)c3)cc2)cc1. The number of hydrogen-bond donors (Lipinski definition) is 0. The van der Waals surface area contributed by atoms with Crippen LogP contribution in [0.3, 0.4) is 0 Å². The fourth-order valence-corrected chi connectivity index (χ4v) is 3.85. The molecule has 0 bridgehead atoms. The number of benzene rings is 3. The number of esters is 2. The Morgan fingerprint density at radius 3 is 1.95 bits per heavy atom. The Labute approximate surface area is 220 Å². The lowest BCUT2D eigenvalue weighted by atomic mass is 10.1. The maximum atomic E-state index is 12.8. The number of aryl methyl sites for hydroxylation is 1. The number of thioether (sulfide) groups is 1. The molecular weight excluding hydrogens is 488 g/mol. The van der Waals surface area contributed by atoms with Gasteiger partial charge in [0.25, 0.3) is 0 Å². The van der Waals surface area contributed by atoms with Crippen molar-refractivity contribution >= 4 is 28.8 Å². The minimum atomic E-state index is -0.500. The van der Waals surface area contributed by atoms with Gasteiger partial charge in [-0.2, -0.15) is 0 Å². The van der Waals surface area contributed by atoms with Crippen LogP contribution in [0.4, 0.5) is 0 Å². The summed E-state index contributed by atoms with van der Waals surface area (Å²) in [5.41, 5.74) is 3.87. The van der Waals surface area contributed by atoms with Gasteiger partial charge in [-0.25, -0.2) is 9.59 Å². The molecule has 190 valence electrons. The Kier molecular flexibility index (Phi) is 9.46. The van der Waals surface area contributed by atoms with Crippen LogP contribution < -0.4 is 9.47 Å². The molecule has 0 saturated carbocycles. The fraction of sp³-hybridized carbons (Fsp3) is 0.167. The zero-order valence-corrected chi connectivity index (χ0v) is 21.9. The summed E-state index contributed by atoms with van der Waals surface area (Å²) < 4.78 is 15.9. The average Bonchev–Trinajstić information content (AvgIpc) is 2.88. The molecule has 0 atom stereocenters. The normalized spacial score (nSPS) is 10.4. The van der Waals surface area contributed by atoms with Gasteiger partial charge in [0.05, 0.1) is 0 Å². The van der Waals surface area contributed by atoms with Crippen molar-refractivity contribution in [2.45, 2.75) is 25.7 Å². The molecule has 0 N–H and O–H groups in total. The third-order valence-corrected chi connectivity index (χ3v) is 6.08. The van der Waals surface area contributed by atoms with E-state index in [4.69, 9.17) is 14.2 Å². The monoisotopic (exact) mass is 516 g/mol. The minimum Gasteiger partial charge on any atom is -0.490 e. The molecule has 37 heavy (non-hydrogen) atoms. The highest BCUT2D eigenvalue weighted by Gasteiger charge is 2.13. The summed E-state index contributed by atoms with van der Waals surface area (Å²) in [4.78, 5) is 36.7. The van der Waals surface area contributed by atoms with E-state index in [1.54, 1.807) is 39.0 Å². The molecule has 0 heterocycles. The second kappa shape index (κ2) is 12.7. The van der Waals surface area contributed by atoms with Crippen molar-refractivity contribution in [3.05, 3.63) is 102 Å². The van der Waals surface area contributed by atoms with Crippen LogP contribution in [-0.2, 0) is 14.3 Å². The van der Waals surface area contributed by atoms with Crippen LogP contribution in [0.2, 0.25) is 0 Å². The summed E-state index contributed by atoms with van der Waals surface area (Å²) in [6, 6.07) is 20.2. The highest BCUT2D eigenvalue weighted by atomic mass is 32.2. The second-order valence-corrected chi connectivity index (χ2v) is 9.40. The third-order valence-electron chi connectivity index (χ3n) is 5.15. The number of ether oxygens (including phenoxy) is 3. The standard InChI is InChI=1S/C30H28O6S/c1-19(2)28(31)35-17-16-34-25-11-6-22(7-12-25)23-8-13-26(14-9-23)37-30(33)24-10-15-27(21(5)18-24)36-29(32)20(3)4/h6-15,18H,1,3,16-17H2,2,4-5H3. The van der Waals surface area contributed by atoms with Crippen LogP contribution in [0.1, 0.15) is 29.8 Å². The summed E-state index contributed by atoms with van der Waals surface area (Å²) in [6.07, 6.45) is 0. The zero-order chi connectivity index (χ0) is 26.9. The highest BCUT2D eigenvalue weighted by Crippen LogP contribution is 2.29. The summed E-state index contributed by atoms with van der Waals surface area (Å²) in [5.74, 6) is 0.141. The molecule has 0 aliphatic rings. The van der Waals surface area contributed by atoms with Crippen LogP contribution in [0.5, 0.6) is 11.5 Å². The lowest BCUT2D eigenvalue weighted by Gasteiger charge is -2.09.